The summed E-state index contributed by atoms with van der Waals surface area (Å²) in [6.07, 6.45) is 0.964. The SMILES string of the molecule is COc1ccc(S(=O)(=O)C(C#N)=CNc2ccc(Br)cc2F)cc1. The van der Waals surface area contributed by atoms with Gasteiger partial charge in [0.25, 0.3) is 0 Å². The molecule has 24 heavy (non-hydrogen) atoms. The molecule has 1 N–H and O–H groups in total. The number of sulfone groups is 1. The Balaban J connectivity index is 2.33. The highest BCUT2D eigenvalue weighted by atomic mass is 79.9. The summed E-state index contributed by atoms with van der Waals surface area (Å²) in [5, 5.41) is 11.7. The third-order valence-corrected chi connectivity index (χ3v) is 5.23. The van der Waals surface area contributed by atoms with Crippen molar-refractivity contribution in [1.82, 2.24) is 0 Å². The molecule has 8 heteroatoms. The van der Waals surface area contributed by atoms with Crippen LogP contribution in [0.15, 0.2) is 62.9 Å². The molecule has 0 fully saturated rings. The Labute approximate surface area is 147 Å². The van der Waals surface area contributed by atoms with Crippen LogP contribution in [0.1, 0.15) is 0 Å². The normalized spacial score (nSPS) is 11.7. The first-order valence-electron chi connectivity index (χ1n) is 6.59. The van der Waals surface area contributed by atoms with Crippen molar-refractivity contribution in [3.05, 3.63) is 63.9 Å². The molecule has 124 valence electrons. The Hall–Kier alpha value is -2.37. The summed E-state index contributed by atoms with van der Waals surface area (Å²) in [5.74, 6) is -0.0914. The van der Waals surface area contributed by atoms with E-state index in [0.29, 0.717) is 10.2 Å². The average molecular weight is 411 g/mol. The molecule has 0 heterocycles. The van der Waals surface area contributed by atoms with Gasteiger partial charge in [-0.2, -0.15) is 5.26 Å². The highest BCUT2D eigenvalue weighted by Crippen LogP contribution is 2.23. The fourth-order valence-corrected chi connectivity index (χ4v) is 3.22. The molecule has 0 aliphatic rings. The minimum atomic E-state index is -4.02. The first kappa shape index (κ1) is 18.0. The van der Waals surface area contributed by atoms with Crippen LogP contribution in [0, 0.1) is 17.1 Å². The molecule has 2 aromatic rings. The number of allylic oxidation sites excluding steroid dienone is 1. The van der Waals surface area contributed by atoms with Gasteiger partial charge in [-0.3, -0.25) is 0 Å². The smallest absolute Gasteiger partial charge is 0.218 e. The molecular weight excluding hydrogens is 399 g/mol. The van der Waals surface area contributed by atoms with Crippen molar-refractivity contribution in [2.24, 2.45) is 0 Å². The van der Waals surface area contributed by atoms with E-state index in [9.17, 15) is 12.8 Å². The summed E-state index contributed by atoms with van der Waals surface area (Å²) in [4.78, 5) is -0.593. The number of ether oxygens (including phenoxy) is 1. The van der Waals surface area contributed by atoms with Gasteiger partial charge < -0.3 is 10.1 Å². The van der Waals surface area contributed by atoms with Crippen molar-refractivity contribution in [3.63, 3.8) is 0 Å². The van der Waals surface area contributed by atoms with Crippen molar-refractivity contribution in [2.45, 2.75) is 4.90 Å². The Morgan fingerprint density at radius 1 is 1.29 bits per heavy atom. The van der Waals surface area contributed by atoms with Gasteiger partial charge in [-0.25, -0.2) is 12.8 Å². The van der Waals surface area contributed by atoms with Crippen LogP contribution in [-0.2, 0) is 9.84 Å². The number of hydrogen-bond donors (Lipinski definition) is 1. The monoisotopic (exact) mass is 410 g/mol. The van der Waals surface area contributed by atoms with E-state index < -0.39 is 20.6 Å². The van der Waals surface area contributed by atoms with E-state index in [-0.39, 0.29) is 10.6 Å². The molecule has 0 atom stereocenters. The van der Waals surface area contributed by atoms with Crippen LogP contribution >= 0.6 is 15.9 Å². The summed E-state index contributed by atoms with van der Waals surface area (Å²) in [7, 11) is -2.56. The average Bonchev–Trinajstić information content (AvgIpc) is 2.57. The van der Waals surface area contributed by atoms with Crippen LogP contribution in [0.4, 0.5) is 10.1 Å². The summed E-state index contributed by atoms with van der Waals surface area (Å²) >= 11 is 3.12. The highest BCUT2D eigenvalue weighted by molar-refractivity contribution is 9.10. The zero-order valence-corrected chi connectivity index (χ0v) is 14.9. The first-order valence-corrected chi connectivity index (χ1v) is 8.87. The van der Waals surface area contributed by atoms with E-state index >= 15 is 0 Å². The van der Waals surface area contributed by atoms with Crippen molar-refractivity contribution in [3.8, 4) is 11.8 Å². The number of benzene rings is 2. The Bertz CT molecular complexity index is 919. The van der Waals surface area contributed by atoms with Crippen molar-refractivity contribution < 1.29 is 17.5 Å². The molecule has 5 nitrogen and oxygen atoms in total. The molecule has 0 amide bonds. The fourth-order valence-electron chi connectivity index (χ4n) is 1.80. The van der Waals surface area contributed by atoms with E-state index in [1.165, 1.54) is 43.5 Å². The second kappa shape index (κ2) is 7.47. The summed E-state index contributed by atoms with van der Waals surface area (Å²) in [5.41, 5.74) is 0.0517. The minimum absolute atomic E-state index is 0.0517. The second-order valence-electron chi connectivity index (χ2n) is 4.57. The van der Waals surface area contributed by atoms with Gasteiger partial charge in [-0.15, -0.1) is 0 Å². The number of halogens is 2. The van der Waals surface area contributed by atoms with Gasteiger partial charge in [0.2, 0.25) is 9.84 Å². The summed E-state index contributed by atoms with van der Waals surface area (Å²) in [6, 6.07) is 11.5. The van der Waals surface area contributed by atoms with Crippen LogP contribution in [-0.4, -0.2) is 15.5 Å². The van der Waals surface area contributed by atoms with E-state index in [1.54, 1.807) is 12.1 Å². The molecule has 0 aliphatic carbocycles. The van der Waals surface area contributed by atoms with Gasteiger partial charge in [0.05, 0.1) is 17.7 Å². The zero-order chi connectivity index (χ0) is 17.7. The number of rotatable bonds is 5. The Morgan fingerprint density at radius 2 is 1.96 bits per heavy atom. The fraction of sp³-hybridized carbons (Fsp3) is 0.0625. The quantitative estimate of drug-likeness (QED) is 0.757. The van der Waals surface area contributed by atoms with E-state index in [1.807, 2.05) is 0 Å². The van der Waals surface area contributed by atoms with Crippen molar-refractivity contribution in [1.29, 1.82) is 5.26 Å². The number of hydrogen-bond acceptors (Lipinski definition) is 5. The van der Waals surface area contributed by atoms with E-state index in [0.717, 1.165) is 6.20 Å². The number of methoxy groups -OCH3 is 1. The second-order valence-corrected chi connectivity index (χ2v) is 7.40. The van der Waals surface area contributed by atoms with Gasteiger partial charge in [0.1, 0.15) is 17.6 Å². The van der Waals surface area contributed by atoms with Crippen LogP contribution in [0.5, 0.6) is 5.75 Å². The molecule has 0 saturated carbocycles. The third-order valence-electron chi connectivity index (χ3n) is 3.06. The van der Waals surface area contributed by atoms with Crippen molar-refractivity contribution in [2.75, 3.05) is 12.4 Å². The molecule has 0 saturated heterocycles. The molecule has 2 aromatic carbocycles. The lowest BCUT2D eigenvalue weighted by atomic mass is 10.3. The van der Waals surface area contributed by atoms with Crippen LogP contribution in [0.2, 0.25) is 0 Å². The predicted octanol–water partition coefficient (Wildman–Crippen LogP) is 3.85. The number of nitrogens with one attached hydrogen (secondary N) is 1. The van der Waals surface area contributed by atoms with Gasteiger partial charge >= 0.3 is 0 Å². The topological polar surface area (TPSA) is 79.2 Å². The molecule has 2 rings (SSSR count). The maximum Gasteiger partial charge on any atom is 0.218 e. The summed E-state index contributed by atoms with van der Waals surface area (Å²) < 4.78 is 44.1. The maximum atomic E-state index is 13.7. The molecular formula is C16H12BrFN2O3S. The predicted molar refractivity (Wildman–Crippen MR) is 91.6 cm³/mol. The van der Waals surface area contributed by atoms with Crippen molar-refractivity contribution >= 4 is 31.5 Å². The standard InChI is InChI=1S/C16H12BrFN2O3S/c1-23-12-3-5-13(6-4-12)24(21,22)14(9-19)10-20-16-7-2-11(17)8-15(16)18/h2-8,10,20H,1H3. The number of nitrogens with zero attached hydrogens (tertiary/aromatic N) is 1. The Kier molecular flexibility index (Phi) is 5.59. The van der Waals surface area contributed by atoms with Gasteiger partial charge in [0.15, 0.2) is 4.91 Å². The lowest BCUT2D eigenvalue weighted by Crippen LogP contribution is -2.06. The largest absolute Gasteiger partial charge is 0.497 e. The van der Waals surface area contributed by atoms with Gasteiger partial charge in [0, 0.05) is 10.7 Å². The highest BCUT2D eigenvalue weighted by Gasteiger charge is 2.21. The maximum absolute atomic E-state index is 13.7. The minimum Gasteiger partial charge on any atom is -0.497 e. The van der Waals surface area contributed by atoms with Gasteiger partial charge in [-0.1, -0.05) is 15.9 Å². The molecule has 0 aliphatic heterocycles. The lowest BCUT2D eigenvalue weighted by Gasteiger charge is -2.06. The summed E-state index contributed by atoms with van der Waals surface area (Å²) in [6.45, 7) is 0. The number of nitriles is 1. The van der Waals surface area contributed by atoms with Crippen LogP contribution < -0.4 is 10.1 Å². The van der Waals surface area contributed by atoms with E-state index in [2.05, 4.69) is 21.2 Å². The molecule has 0 radical (unpaired) electrons. The zero-order valence-electron chi connectivity index (χ0n) is 12.5. The van der Waals surface area contributed by atoms with E-state index in [4.69, 9.17) is 10.00 Å². The molecule has 0 aromatic heterocycles. The third kappa shape index (κ3) is 3.93. The van der Waals surface area contributed by atoms with Crippen LogP contribution in [0.25, 0.3) is 0 Å². The van der Waals surface area contributed by atoms with Gasteiger partial charge in [-0.05, 0) is 42.5 Å². The van der Waals surface area contributed by atoms with Crippen LogP contribution in [0.3, 0.4) is 0 Å². The first-order chi connectivity index (χ1) is 11.4. The molecule has 0 spiro atoms. The number of anilines is 1. The molecule has 0 unspecified atom stereocenters. The Morgan fingerprint density at radius 3 is 2.50 bits per heavy atom. The molecule has 0 bridgehead atoms. The lowest BCUT2D eigenvalue weighted by molar-refractivity contribution is 0.414.